The fourth-order valence-corrected chi connectivity index (χ4v) is 2.59. The van der Waals surface area contributed by atoms with E-state index in [0.29, 0.717) is 12.0 Å². The van der Waals surface area contributed by atoms with Crippen molar-refractivity contribution in [3.8, 4) is 0 Å². The molecule has 1 aliphatic rings. The maximum Gasteiger partial charge on any atom is 0.338 e. The maximum absolute atomic E-state index is 12.2. The molecular weight excluding hydrogens is 286 g/mol. The molecule has 0 spiro atoms. The molecule has 1 aromatic carbocycles. The number of aliphatic hydroxyl groups is 1. The van der Waals surface area contributed by atoms with Crippen LogP contribution in [-0.4, -0.2) is 41.5 Å². The van der Waals surface area contributed by atoms with Gasteiger partial charge in [0.05, 0.1) is 23.9 Å². The topological polar surface area (TPSA) is 105 Å². The second-order valence-electron chi connectivity index (χ2n) is 5.21. The van der Waals surface area contributed by atoms with Crippen LogP contribution in [0.4, 0.5) is 0 Å². The van der Waals surface area contributed by atoms with E-state index in [1.54, 1.807) is 37.3 Å². The third kappa shape index (κ3) is 3.39. The van der Waals surface area contributed by atoms with Gasteiger partial charge in [0.1, 0.15) is 12.1 Å². The van der Waals surface area contributed by atoms with Crippen molar-refractivity contribution in [3.63, 3.8) is 0 Å². The molecule has 0 bridgehead atoms. The first-order valence-electron chi connectivity index (χ1n) is 7.22. The zero-order valence-electron chi connectivity index (χ0n) is 12.5. The molecule has 5 atom stereocenters. The van der Waals surface area contributed by atoms with Crippen LogP contribution in [0.3, 0.4) is 0 Å². The predicted octanol–water partition coefficient (Wildman–Crippen LogP) is 2.45. The van der Waals surface area contributed by atoms with Gasteiger partial charge < -0.3 is 14.6 Å². The Morgan fingerprint density at radius 2 is 2.14 bits per heavy atom. The van der Waals surface area contributed by atoms with E-state index in [4.69, 9.17) is 15.0 Å². The van der Waals surface area contributed by atoms with Crippen molar-refractivity contribution in [2.75, 3.05) is 0 Å². The maximum atomic E-state index is 12.2. The Kier molecular flexibility index (Phi) is 5.38. The molecule has 0 aliphatic carbocycles. The standard InChI is InChI=1S/C15H19N3O4/c1-3-11-13(19)12(17-18-16)14(9(2)21-11)22-15(20)10-7-5-4-6-8-10/h4-9,11-14,19H,3H2,1-2H3/t9-,11?,12-,13-,14?/m0/s1. The van der Waals surface area contributed by atoms with Crippen molar-refractivity contribution in [2.45, 2.75) is 50.7 Å². The van der Waals surface area contributed by atoms with Crippen LogP contribution in [0.25, 0.3) is 10.4 Å². The van der Waals surface area contributed by atoms with Crippen molar-refractivity contribution >= 4 is 5.97 Å². The molecule has 1 N–H and O–H groups in total. The second kappa shape index (κ2) is 7.26. The minimum absolute atomic E-state index is 0.390. The van der Waals surface area contributed by atoms with Crippen LogP contribution in [0, 0.1) is 0 Å². The molecule has 1 heterocycles. The van der Waals surface area contributed by atoms with Gasteiger partial charge in [0.2, 0.25) is 0 Å². The zero-order valence-corrected chi connectivity index (χ0v) is 12.5. The van der Waals surface area contributed by atoms with Gasteiger partial charge in [0.15, 0.2) is 0 Å². The summed E-state index contributed by atoms with van der Waals surface area (Å²) >= 11 is 0. The Labute approximate surface area is 128 Å². The summed E-state index contributed by atoms with van der Waals surface area (Å²) in [6.07, 6.45) is -2.19. The molecule has 1 aromatic rings. The normalized spacial score (nSPS) is 31.1. The number of rotatable bonds is 4. The Morgan fingerprint density at radius 3 is 2.73 bits per heavy atom. The lowest BCUT2D eigenvalue weighted by Gasteiger charge is -2.41. The largest absolute Gasteiger partial charge is 0.455 e. The Balaban J connectivity index is 2.19. The first kappa shape index (κ1) is 16.3. The van der Waals surface area contributed by atoms with E-state index in [9.17, 15) is 9.90 Å². The average Bonchev–Trinajstić information content (AvgIpc) is 2.54. The highest BCUT2D eigenvalue weighted by atomic mass is 16.6. The minimum Gasteiger partial charge on any atom is -0.455 e. The summed E-state index contributed by atoms with van der Waals surface area (Å²) in [7, 11) is 0. The van der Waals surface area contributed by atoms with Crippen LogP contribution in [0.1, 0.15) is 30.6 Å². The Bertz CT molecular complexity index is 559. The van der Waals surface area contributed by atoms with Crippen LogP contribution in [0.5, 0.6) is 0 Å². The highest BCUT2D eigenvalue weighted by molar-refractivity contribution is 5.89. The van der Waals surface area contributed by atoms with Crippen LogP contribution < -0.4 is 0 Å². The second-order valence-corrected chi connectivity index (χ2v) is 5.21. The highest BCUT2D eigenvalue weighted by Gasteiger charge is 2.44. The number of nitrogens with zero attached hydrogens (tertiary/aromatic N) is 3. The molecule has 0 amide bonds. The molecule has 118 valence electrons. The summed E-state index contributed by atoms with van der Waals surface area (Å²) in [5.41, 5.74) is 9.11. The van der Waals surface area contributed by atoms with Gasteiger partial charge in [-0.05, 0) is 31.0 Å². The highest BCUT2D eigenvalue weighted by Crippen LogP contribution is 2.28. The molecule has 0 radical (unpaired) electrons. The number of esters is 1. The molecule has 7 heteroatoms. The monoisotopic (exact) mass is 305 g/mol. The lowest BCUT2D eigenvalue weighted by molar-refractivity contribution is -0.173. The van der Waals surface area contributed by atoms with Crippen molar-refractivity contribution in [3.05, 3.63) is 46.3 Å². The zero-order chi connectivity index (χ0) is 16.1. The van der Waals surface area contributed by atoms with Crippen molar-refractivity contribution in [1.82, 2.24) is 0 Å². The lowest BCUT2D eigenvalue weighted by atomic mass is 9.92. The smallest absolute Gasteiger partial charge is 0.338 e. The quantitative estimate of drug-likeness (QED) is 0.399. The molecule has 1 aliphatic heterocycles. The number of carbonyl (C=O) groups is 1. The number of ether oxygens (including phenoxy) is 2. The SMILES string of the molecule is CCC1O[C@@H](C)C(OC(=O)c2ccccc2)[C@@H](N=[N+]=[N-])[C@H]1O. The van der Waals surface area contributed by atoms with Gasteiger partial charge in [0.25, 0.3) is 0 Å². The first-order chi connectivity index (χ1) is 10.6. The van der Waals surface area contributed by atoms with Crippen molar-refractivity contribution in [2.24, 2.45) is 5.11 Å². The van der Waals surface area contributed by atoms with Gasteiger partial charge in [-0.3, -0.25) is 0 Å². The number of azide groups is 1. The molecule has 2 rings (SSSR count). The van der Waals surface area contributed by atoms with E-state index in [1.807, 2.05) is 6.92 Å². The fourth-order valence-electron chi connectivity index (χ4n) is 2.59. The molecular formula is C15H19N3O4. The molecule has 2 unspecified atom stereocenters. The van der Waals surface area contributed by atoms with Crippen LogP contribution in [0.15, 0.2) is 35.4 Å². The summed E-state index contributed by atoms with van der Waals surface area (Å²) < 4.78 is 11.1. The van der Waals surface area contributed by atoms with Crippen molar-refractivity contribution in [1.29, 1.82) is 0 Å². The number of hydrogen-bond acceptors (Lipinski definition) is 5. The van der Waals surface area contributed by atoms with Gasteiger partial charge in [-0.25, -0.2) is 4.79 Å². The van der Waals surface area contributed by atoms with Gasteiger partial charge in [-0.15, -0.1) is 0 Å². The summed E-state index contributed by atoms with van der Waals surface area (Å²) in [5.74, 6) is -0.540. The number of aliphatic hydroxyl groups excluding tert-OH is 1. The fraction of sp³-hybridized carbons (Fsp3) is 0.533. The number of hydrogen-bond donors (Lipinski definition) is 1. The van der Waals surface area contributed by atoms with E-state index in [2.05, 4.69) is 10.0 Å². The molecule has 0 aromatic heterocycles. The van der Waals surface area contributed by atoms with Crippen LogP contribution >= 0.6 is 0 Å². The molecule has 0 saturated carbocycles. The summed E-state index contributed by atoms with van der Waals surface area (Å²) in [4.78, 5) is 14.9. The van der Waals surface area contributed by atoms with Gasteiger partial charge in [-0.2, -0.15) is 0 Å². The Hall–Kier alpha value is -2.08. The van der Waals surface area contributed by atoms with E-state index >= 15 is 0 Å². The first-order valence-corrected chi connectivity index (χ1v) is 7.22. The van der Waals surface area contributed by atoms with Gasteiger partial charge >= 0.3 is 5.97 Å². The molecule has 1 saturated heterocycles. The molecule has 7 nitrogen and oxygen atoms in total. The summed E-state index contributed by atoms with van der Waals surface area (Å²) in [5, 5.41) is 13.9. The van der Waals surface area contributed by atoms with Crippen molar-refractivity contribution < 1.29 is 19.4 Å². The third-order valence-corrected chi connectivity index (χ3v) is 3.76. The van der Waals surface area contributed by atoms with Crippen LogP contribution in [-0.2, 0) is 9.47 Å². The van der Waals surface area contributed by atoms with Crippen LogP contribution in [0.2, 0.25) is 0 Å². The van der Waals surface area contributed by atoms with E-state index in [1.165, 1.54) is 0 Å². The molecule has 1 fully saturated rings. The average molecular weight is 305 g/mol. The Morgan fingerprint density at radius 1 is 1.45 bits per heavy atom. The predicted molar refractivity (Wildman–Crippen MR) is 79.2 cm³/mol. The third-order valence-electron chi connectivity index (χ3n) is 3.76. The van der Waals surface area contributed by atoms with E-state index < -0.39 is 36.4 Å². The van der Waals surface area contributed by atoms with E-state index in [0.717, 1.165) is 0 Å². The summed E-state index contributed by atoms with van der Waals surface area (Å²) in [6.45, 7) is 3.60. The summed E-state index contributed by atoms with van der Waals surface area (Å²) in [6, 6.07) is 7.64. The van der Waals surface area contributed by atoms with E-state index in [-0.39, 0.29) is 0 Å². The number of carbonyl (C=O) groups excluding carboxylic acids is 1. The molecule has 22 heavy (non-hydrogen) atoms. The van der Waals surface area contributed by atoms with Gasteiger partial charge in [0, 0.05) is 4.91 Å². The lowest BCUT2D eigenvalue weighted by Crippen LogP contribution is -2.56. The minimum atomic E-state index is -1.01. The van der Waals surface area contributed by atoms with Gasteiger partial charge in [-0.1, -0.05) is 30.2 Å². The number of benzene rings is 1.